The molecule has 0 aliphatic carbocycles. The SMILES string of the molecule is N#CC1=C(N)n2c(sc(=Cc3cc(Br)ccc3F)c2=O)=C(C#N)[C@H]1c1cc(Br)ccc1F. The van der Waals surface area contributed by atoms with Crippen molar-refractivity contribution in [3.63, 3.8) is 0 Å². The number of hydrogen-bond acceptors (Lipinski definition) is 5. The Kier molecular flexibility index (Phi) is 5.87. The molecule has 0 saturated carbocycles. The zero-order valence-electron chi connectivity index (χ0n) is 15.9. The normalized spacial score (nSPS) is 16.0. The molecule has 32 heavy (non-hydrogen) atoms. The van der Waals surface area contributed by atoms with Crippen molar-refractivity contribution in [2.45, 2.75) is 5.92 Å². The van der Waals surface area contributed by atoms with Crippen molar-refractivity contribution in [3.8, 4) is 12.1 Å². The van der Waals surface area contributed by atoms with Crippen molar-refractivity contribution in [2.24, 2.45) is 5.73 Å². The Bertz CT molecular complexity index is 1590. The van der Waals surface area contributed by atoms with Crippen molar-refractivity contribution in [1.82, 2.24) is 4.57 Å². The molecule has 3 aromatic rings. The molecule has 158 valence electrons. The standard InChI is InChI=1S/C22H10Br2F2N4OS/c23-11-1-3-16(25)10(5-11)6-18-21(31)30-20(29)14(8-27)19(15(9-28)22(30)32-18)13-7-12(24)2-4-17(13)26/h1-7,19H,29H2/t19-/m0/s1. The number of allylic oxidation sites excluding steroid dienone is 1. The Balaban J connectivity index is 2.10. The summed E-state index contributed by atoms with van der Waals surface area (Å²) in [5.74, 6) is -2.44. The fourth-order valence-electron chi connectivity index (χ4n) is 3.46. The first kappa shape index (κ1) is 22.2. The van der Waals surface area contributed by atoms with Crippen molar-refractivity contribution in [3.05, 3.63) is 93.2 Å². The van der Waals surface area contributed by atoms with E-state index in [0.717, 1.165) is 15.9 Å². The lowest BCUT2D eigenvalue weighted by Gasteiger charge is -2.22. The number of benzene rings is 2. The van der Waals surface area contributed by atoms with Crippen LogP contribution < -0.4 is 20.5 Å². The molecule has 0 fully saturated rings. The largest absolute Gasteiger partial charge is 0.384 e. The van der Waals surface area contributed by atoms with Crippen LogP contribution >= 0.6 is 43.2 Å². The van der Waals surface area contributed by atoms with Crippen LogP contribution in [0, 0.1) is 34.3 Å². The van der Waals surface area contributed by atoms with E-state index in [0.29, 0.717) is 8.95 Å². The smallest absolute Gasteiger partial charge is 0.274 e. The van der Waals surface area contributed by atoms with Gasteiger partial charge in [0.05, 0.1) is 33.7 Å². The number of fused-ring (bicyclic) bond motifs is 1. The van der Waals surface area contributed by atoms with E-state index in [-0.39, 0.29) is 37.3 Å². The molecule has 2 heterocycles. The molecule has 1 atom stereocenters. The van der Waals surface area contributed by atoms with E-state index in [1.54, 1.807) is 0 Å². The first-order valence-corrected chi connectivity index (χ1v) is 11.3. The van der Waals surface area contributed by atoms with E-state index in [1.807, 2.05) is 12.1 Å². The van der Waals surface area contributed by atoms with E-state index in [4.69, 9.17) is 5.73 Å². The van der Waals surface area contributed by atoms with Gasteiger partial charge in [0.1, 0.15) is 22.1 Å². The Labute approximate surface area is 200 Å². The van der Waals surface area contributed by atoms with E-state index in [2.05, 4.69) is 31.9 Å². The second-order valence-corrected chi connectivity index (χ2v) is 9.62. The minimum Gasteiger partial charge on any atom is -0.384 e. The predicted octanol–water partition coefficient (Wildman–Crippen LogP) is 3.66. The highest BCUT2D eigenvalue weighted by Gasteiger charge is 2.33. The van der Waals surface area contributed by atoms with Crippen LogP contribution in [0.15, 0.2) is 55.7 Å². The Morgan fingerprint density at radius 1 is 1.03 bits per heavy atom. The van der Waals surface area contributed by atoms with Gasteiger partial charge in [-0.05, 0) is 42.5 Å². The summed E-state index contributed by atoms with van der Waals surface area (Å²) < 4.78 is 31.4. The van der Waals surface area contributed by atoms with Crippen LogP contribution in [0.4, 0.5) is 8.78 Å². The van der Waals surface area contributed by atoms with Crippen LogP contribution in [0.3, 0.4) is 0 Å². The monoisotopic (exact) mass is 574 g/mol. The lowest BCUT2D eigenvalue weighted by molar-refractivity contribution is 0.608. The molecule has 0 saturated heterocycles. The maximum Gasteiger partial charge on any atom is 0.274 e. The maximum absolute atomic E-state index is 14.7. The second-order valence-electron chi connectivity index (χ2n) is 6.76. The van der Waals surface area contributed by atoms with Gasteiger partial charge < -0.3 is 5.73 Å². The Morgan fingerprint density at radius 2 is 1.66 bits per heavy atom. The molecule has 1 aromatic heterocycles. The van der Waals surface area contributed by atoms with Gasteiger partial charge in [0, 0.05) is 20.1 Å². The number of hydrogen-bond donors (Lipinski definition) is 1. The molecule has 5 nitrogen and oxygen atoms in total. The molecule has 0 spiro atoms. The average Bonchev–Trinajstić information content (AvgIpc) is 3.08. The van der Waals surface area contributed by atoms with Crippen molar-refractivity contribution in [2.75, 3.05) is 0 Å². The number of aromatic nitrogens is 1. The highest BCUT2D eigenvalue weighted by molar-refractivity contribution is 9.10. The van der Waals surface area contributed by atoms with Gasteiger partial charge >= 0.3 is 0 Å². The number of nitrogens with zero attached hydrogens (tertiary/aromatic N) is 3. The molecular formula is C22H10Br2F2N4OS. The molecule has 1 aliphatic rings. The number of thiazole rings is 1. The third-order valence-corrected chi connectivity index (χ3v) is 7.00. The van der Waals surface area contributed by atoms with E-state index >= 15 is 0 Å². The van der Waals surface area contributed by atoms with E-state index in [9.17, 15) is 24.1 Å². The fraction of sp³-hybridized carbons (Fsp3) is 0.0455. The summed E-state index contributed by atoms with van der Waals surface area (Å²) in [4.78, 5) is 13.1. The van der Waals surface area contributed by atoms with Crippen LogP contribution in [-0.4, -0.2) is 4.57 Å². The Morgan fingerprint density at radius 3 is 2.31 bits per heavy atom. The lowest BCUT2D eigenvalue weighted by atomic mass is 9.84. The van der Waals surface area contributed by atoms with Gasteiger partial charge in [-0.1, -0.05) is 31.9 Å². The molecule has 10 heteroatoms. The van der Waals surface area contributed by atoms with E-state index < -0.39 is 23.1 Å². The van der Waals surface area contributed by atoms with Crippen LogP contribution in [0.1, 0.15) is 17.0 Å². The maximum atomic E-state index is 14.7. The summed E-state index contributed by atoms with van der Waals surface area (Å²) in [5.41, 5.74) is 5.69. The minimum atomic E-state index is -1.09. The quantitative estimate of drug-likeness (QED) is 0.504. The number of nitrogens with two attached hydrogens (primary N) is 1. The highest BCUT2D eigenvalue weighted by atomic mass is 79.9. The molecule has 0 radical (unpaired) electrons. The van der Waals surface area contributed by atoms with Gasteiger partial charge in [-0.3, -0.25) is 9.36 Å². The van der Waals surface area contributed by atoms with Crippen molar-refractivity contribution >= 4 is 60.7 Å². The molecule has 0 amide bonds. The van der Waals surface area contributed by atoms with Crippen LogP contribution in [-0.2, 0) is 0 Å². The van der Waals surface area contributed by atoms with Crippen LogP contribution in [0.2, 0.25) is 0 Å². The number of rotatable bonds is 2. The second kappa shape index (κ2) is 8.47. The molecule has 0 bridgehead atoms. The first-order valence-electron chi connectivity index (χ1n) is 8.94. The third kappa shape index (κ3) is 3.61. The molecule has 4 rings (SSSR count). The van der Waals surface area contributed by atoms with Gasteiger partial charge in [0.2, 0.25) is 0 Å². The number of halogens is 4. The number of nitriles is 2. The summed E-state index contributed by atoms with van der Waals surface area (Å²) in [7, 11) is 0. The highest BCUT2D eigenvalue weighted by Crippen LogP contribution is 2.37. The van der Waals surface area contributed by atoms with Gasteiger partial charge in [-0.25, -0.2) is 8.78 Å². The first-order chi connectivity index (χ1) is 15.3. The summed E-state index contributed by atoms with van der Waals surface area (Å²) in [6, 6.07) is 12.4. The van der Waals surface area contributed by atoms with Crippen molar-refractivity contribution < 1.29 is 8.78 Å². The van der Waals surface area contributed by atoms with E-state index in [1.165, 1.54) is 42.5 Å². The van der Waals surface area contributed by atoms with Gasteiger partial charge in [-0.15, -0.1) is 11.3 Å². The van der Waals surface area contributed by atoms with Crippen LogP contribution in [0.25, 0.3) is 17.5 Å². The van der Waals surface area contributed by atoms with Gasteiger partial charge in [-0.2, -0.15) is 10.5 Å². The lowest BCUT2D eigenvalue weighted by Crippen LogP contribution is -2.38. The zero-order chi connectivity index (χ0) is 23.2. The molecule has 2 N–H and O–H groups in total. The molecule has 0 unspecified atom stereocenters. The van der Waals surface area contributed by atoms with Crippen LogP contribution in [0.5, 0.6) is 0 Å². The predicted molar refractivity (Wildman–Crippen MR) is 124 cm³/mol. The summed E-state index contributed by atoms with van der Waals surface area (Å²) >= 11 is 7.46. The third-order valence-electron chi connectivity index (χ3n) is 4.90. The minimum absolute atomic E-state index is 0.00390. The van der Waals surface area contributed by atoms with Gasteiger partial charge in [0.15, 0.2) is 0 Å². The summed E-state index contributed by atoms with van der Waals surface area (Å²) in [6.45, 7) is 0. The Hall–Kier alpha value is -3.05. The summed E-state index contributed by atoms with van der Waals surface area (Å²) in [6.07, 6.45) is 1.35. The van der Waals surface area contributed by atoms with Gasteiger partial charge in [0.25, 0.3) is 5.56 Å². The molecule has 1 aliphatic heterocycles. The molecular weight excluding hydrogens is 566 g/mol. The zero-order valence-corrected chi connectivity index (χ0v) is 19.9. The van der Waals surface area contributed by atoms with Crippen molar-refractivity contribution in [1.29, 1.82) is 10.5 Å². The fourth-order valence-corrected chi connectivity index (χ4v) is 5.34. The summed E-state index contributed by atoms with van der Waals surface area (Å²) in [5, 5.41) is 19.7. The average molecular weight is 576 g/mol. The molecule has 2 aromatic carbocycles. The topological polar surface area (TPSA) is 95.6 Å².